The number of carboxylic acids is 1. The van der Waals surface area contributed by atoms with Crippen LogP contribution in [0.1, 0.15) is 59.3 Å². The Kier molecular flexibility index (Phi) is 14.5. The predicted octanol–water partition coefficient (Wildman–Crippen LogP) is -0.226. The van der Waals surface area contributed by atoms with Crippen molar-refractivity contribution in [1.82, 2.24) is 10.6 Å². The first-order valence-electron chi connectivity index (χ1n) is 12.0. The van der Waals surface area contributed by atoms with Gasteiger partial charge in [0.05, 0.1) is 31.3 Å². The van der Waals surface area contributed by atoms with Crippen LogP contribution in [0, 0.1) is 5.41 Å². The largest absolute Gasteiger partial charge is 0.481 e. The van der Waals surface area contributed by atoms with Gasteiger partial charge >= 0.3 is 5.97 Å². The maximum Gasteiger partial charge on any atom is 0.303 e. The van der Waals surface area contributed by atoms with Crippen LogP contribution in [0.4, 0.5) is 0 Å². The summed E-state index contributed by atoms with van der Waals surface area (Å²) >= 11 is 0.959. The second kappa shape index (κ2) is 16.2. The standard InChI is InChI=1S/C23H40N2O10S/c1-14(26)10-15(27)11-16(28)12-20-34-13-23(2,3)21(35-20)22(33)25-7-6-17(29)24-8-9-36-19(32)5-4-18(30)31/h14-16,20-21,26-28H,4-13H2,1-3H3,(H,24,29)(H,25,33)(H,30,31)/t14?,15?,16?,20?,21-/m0/s1. The average Bonchev–Trinajstić information content (AvgIpc) is 2.75. The van der Waals surface area contributed by atoms with Crippen molar-refractivity contribution in [2.75, 3.05) is 25.4 Å². The number of hydrogen-bond donors (Lipinski definition) is 6. The lowest BCUT2D eigenvalue weighted by Gasteiger charge is -2.41. The van der Waals surface area contributed by atoms with Gasteiger partial charge in [0.15, 0.2) is 11.4 Å². The van der Waals surface area contributed by atoms with Gasteiger partial charge < -0.3 is 40.5 Å². The van der Waals surface area contributed by atoms with Gasteiger partial charge in [-0.3, -0.25) is 19.2 Å². The number of hydrogen-bond acceptors (Lipinski definition) is 10. The molecule has 1 saturated heterocycles. The van der Waals surface area contributed by atoms with Crippen molar-refractivity contribution >= 4 is 34.7 Å². The maximum atomic E-state index is 12.7. The van der Waals surface area contributed by atoms with Gasteiger partial charge in [0.25, 0.3) is 0 Å². The summed E-state index contributed by atoms with van der Waals surface area (Å²) in [5.74, 6) is -1.43. The minimum Gasteiger partial charge on any atom is -0.481 e. The van der Waals surface area contributed by atoms with Crippen LogP contribution in [0.15, 0.2) is 0 Å². The predicted molar refractivity (Wildman–Crippen MR) is 131 cm³/mol. The van der Waals surface area contributed by atoms with Crippen molar-refractivity contribution in [3.05, 3.63) is 0 Å². The monoisotopic (exact) mass is 536 g/mol. The molecule has 1 fully saturated rings. The summed E-state index contributed by atoms with van der Waals surface area (Å²) in [5.41, 5.74) is -0.649. The Morgan fingerprint density at radius 2 is 1.69 bits per heavy atom. The molecule has 6 N–H and O–H groups in total. The molecule has 0 bridgehead atoms. The number of amides is 2. The fourth-order valence-corrected chi connectivity index (χ4v) is 4.22. The SMILES string of the molecule is CC(O)CC(O)CC(O)CC1OCC(C)(C)[C@H](C(=O)NCCC(=O)NCCSC(=O)CCC(=O)O)O1. The number of thioether (sulfide) groups is 1. The molecule has 4 unspecified atom stereocenters. The first-order chi connectivity index (χ1) is 16.8. The molecular formula is C23H40N2O10S. The molecule has 0 spiro atoms. The summed E-state index contributed by atoms with van der Waals surface area (Å²) in [6.07, 6.45) is -4.25. The van der Waals surface area contributed by atoms with Crippen molar-refractivity contribution in [1.29, 1.82) is 0 Å². The van der Waals surface area contributed by atoms with Gasteiger partial charge in [-0.25, -0.2) is 0 Å². The Morgan fingerprint density at radius 1 is 1.00 bits per heavy atom. The van der Waals surface area contributed by atoms with E-state index in [1.807, 2.05) is 0 Å². The van der Waals surface area contributed by atoms with Gasteiger partial charge in [-0.2, -0.15) is 0 Å². The lowest BCUT2D eigenvalue weighted by Crippen LogP contribution is -2.54. The summed E-state index contributed by atoms with van der Waals surface area (Å²) in [5, 5.41) is 43.0. The van der Waals surface area contributed by atoms with Crippen LogP contribution in [0.25, 0.3) is 0 Å². The molecule has 12 nitrogen and oxygen atoms in total. The van der Waals surface area contributed by atoms with E-state index in [0.29, 0.717) is 5.75 Å². The molecule has 5 atom stereocenters. The molecule has 1 aliphatic heterocycles. The fraction of sp³-hybridized carbons (Fsp3) is 0.826. The molecule has 2 amide bonds. The van der Waals surface area contributed by atoms with E-state index < -0.39 is 48.0 Å². The molecule has 0 radical (unpaired) electrons. The number of rotatable bonds is 16. The van der Waals surface area contributed by atoms with Gasteiger partial charge in [-0.1, -0.05) is 25.6 Å². The van der Waals surface area contributed by atoms with Crippen LogP contribution in [0.3, 0.4) is 0 Å². The van der Waals surface area contributed by atoms with Gasteiger partial charge in [-0.05, 0) is 19.8 Å². The highest BCUT2D eigenvalue weighted by molar-refractivity contribution is 8.13. The molecule has 1 heterocycles. The van der Waals surface area contributed by atoms with Crippen LogP contribution >= 0.6 is 11.8 Å². The summed E-state index contributed by atoms with van der Waals surface area (Å²) in [4.78, 5) is 46.6. The van der Waals surface area contributed by atoms with Crippen molar-refractivity contribution in [3.63, 3.8) is 0 Å². The fourth-order valence-electron chi connectivity index (χ4n) is 3.54. The van der Waals surface area contributed by atoms with Gasteiger partial charge in [0.1, 0.15) is 6.10 Å². The number of carbonyl (C=O) groups is 4. The van der Waals surface area contributed by atoms with Crippen molar-refractivity contribution < 1.29 is 49.1 Å². The topological polar surface area (TPSA) is 192 Å². The second-order valence-corrected chi connectivity index (χ2v) is 10.8. The van der Waals surface area contributed by atoms with Crippen molar-refractivity contribution in [2.24, 2.45) is 5.41 Å². The van der Waals surface area contributed by atoms with Crippen LogP contribution in [0.2, 0.25) is 0 Å². The minimum atomic E-state index is -1.04. The summed E-state index contributed by atoms with van der Waals surface area (Å²) in [7, 11) is 0. The minimum absolute atomic E-state index is 0.0241. The number of aliphatic hydroxyl groups excluding tert-OH is 3. The zero-order valence-corrected chi connectivity index (χ0v) is 21.9. The van der Waals surface area contributed by atoms with Gasteiger partial charge in [0.2, 0.25) is 11.8 Å². The molecule has 1 aliphatic rings. The van der Waals surface area contributed by atoms with Crippen LogP contribution in [-0.4, -0.2) is 99.5 Å². The normalized spacial score (nSPS) is 21.7. The van der Waals surface area contributed by atoms with Crippen molar-refractivity contribution in [3.8, 4) is 0 Å². The Labute approximate surface area is 215 Å². The Balaban J connectivity index is 2.36. The van der Waals surface area contributed by atoms with Crippen LogP contribution < -0.4 is 10.6 Å². The maximum absolute atomic E-state index is 12.7. The Hall–Kier alpha value is -1.77. The molecule has 1 rings (SSSR count). The molecule has 208 valence electrons. The zero-order valence-electron chi connectivity index (χ0n) is 21.1. The molecule has 0 aliphatic carbocycles. The van der Waals surface area contributed by atoms with Gasteiger partial charge in [-0.15, -0.1) is 0 Å². The first-order valence-corrected chi connectivity index (χ1v) is 13.0. The molecule has 0 aromatic rings. The highest BCUT2D eigenvalue weighted by atomic mass is 32.2. The zero-order chi connectivity index (χ0) is 27.3. The number of aliphatic carboxylic acids is 1. The third-order valence-electron chi connectivity index (χ3n) is 5.38. The number of carbonyl (C=O) groups excluding carboxylic acids is 3. The average molecular weight is 537 g/mol. The summed E-state index contributed by atoms with van der Waals surface area (Å²) in [6.45, 7) is 5.68. The Bertz CT molecular complexity index is 734. The lowest BCUT2D eigenvalue weighted by atomic mass is 9.85. The Morgan fingerprint density at radius 3 is 2.33 bits per heavy atom. The highest BCUT2D eigenvalue weighted by Gasteiger charge is 2.43. The first kappa shape index (κ1) is 32.3. The van der Waals surface area contributed by atoms with E-state index in [1.165, 1.54) is 0 Å². The smallest absolute Gasteiger partial charge is 0.303 e. The van der Waals surface area contributed by atoms with E-state index >= 15 is 0 Å². The molecule has 0 aromatic carbocycles. The molecule has 36 heavy (non-hydrogen) atoms. The third-order valence-corrected chi connectivity index (χ3v) is 6.31. The van der Waals surface area contributed by atoms with E-state index in [1.54, 1.807) is 20.8 Å². The quantitative estimate of drug-likeness (QED) is 0.143. The number of nitrogens with one attached hydrogen (secondary N) is 2. The molecule has 13 heteroatoms. The molecule has 0 saturated carbocycles. The van der Waals surface area contributed by atoms with Gasteiger partial charge in [0, 0.05) is 43.5 Å². The lowest BCUT2D eigenvalue weighted by molar-refractivity contribution is -0.261. The third kappa shape index (κ3) is 13.5. The molecular weight excluding hydrogens is 496 g/mol. The van der Waals surface area contributed by atoms with E-state index in [4.69, 9.17) is 14.6 Å². The van der Waals surface area contributed by atoms with E-state index in [0.717, 1.165) is 11.8 Å². The molecule has 0 aromatic heterocycles. The van der Waals surface area contributed by atoms with Crippen LogP contribution in [0.5, 0.6) is 0 Å². The van der Waals surface area contributed by atoms with E-state index in [9.17, 15) is 34.5 Å². The van der Waals surface area contributed by atoms with Crippen LogP contribution in [-0.2, 0) is 28.7 Å². The number of ether oxygens (including phenoxy) is 2. The highest BCUT2D eigenvalue weighted by Crippen LogP contribution is 2.32. The summed E-state index contributed by atoms with van der Waals surface area (Å²) in [6, 6.07) is 0. The summed E-state index contributed by atoms with van der Waals surface area (Å²) < 4.78 is 11.4. The second-order valence-electron chi connectivity index (χ2n) is 9.61. The van der Waals surface area contributed by atoms with E-state index in [2.05, 4.69) is 10.6 Å². The van der Waals surface area contributed by atoms with Crippen molar-refractivity contribution in [2.45, 2.75) is 90.0 Å². The van der Waals surface area contributed by atoms with E-state index in [-0.39, 0.29) is 69.2 Å². The number of aliphatic hydroxyl groups is 3. The number of carboxylic acid groups (broad SMARTS) is 1.